The molecule has 0 radical (unpaired) electrons. The number of pyridine rings is 1. The molecule has 2 heterocycles. The fourth-order valence-corrected chi connectivity index (χ4v) is 3.01. The number of aromatic nitrogens is 1. The maximum Gasteiger partial charge on any atom is 0.258 e. The van der Waals surface area contributed by atoms with Crippen molar-refractivity contribution in [3.8, 4) is 0 Å². The zero-order valence-corrected chi connectivity index (χ0v) is 11.2. The number of hydrogen-bond acceptors (Lipinski definition) is 5. The minimum atomic E-state index is -3.56. The lowest BCUT2D eigenvalue weighted by Crippen LogP contribution is -2.23. The Bertz CT molecular complexity index is 592. The van der Waals surface area contributed by atoms with Crippen LogP contribution in [0.2, 0.25) is 0 Å². The van der Waals surface area contributed by atoms with Crippen LogP contribution < -0.4 is 10.5 Å². The number of nitrogens with two attached hydrogens (primary N) is 1. The van der Waals surface area contributed by atoms with Gasteiger partial charge in [-0.25, -0.2) is 18.1 Å². The van der Waals surface area contributed by atoms with Crippen LogP contribution in [0.15, 0.2) is 40.9 Å². The first kappa shape index (κ1) is 13.2. The summed E-state index contributed by atoms with van der Waals surface area (Å²) in [6.07, 6.45) is 1.47. The summed E-state index contributed by atoms with van der Waals surface area (Å²) in [4.78, 5) is 4.85. The standard InChI is InChI=1S/C11H13N3O2S2/c12-6-9-3-4-11(13-7-9)18(15,16)14-8-10-2-1-5-17-10/h1-5,7,14H,6,8,12H2. The van der Waals surface area contributed by atoms with Crippen molar-refractivity contribution in [3.63, 3.8) is 0 Å². The van der Waals surface area contributed by atoms with Crippen molar-refractivity contribution in [2.75, 3.05) is 0 Å². The number of sulfonamides is 1. The van der Waals surface area contributed by atoms with E-state index in [1.54, 1.807) is 6.07 Å². The van der Waals surface area contributed by atoms with Gasteiger partial charge in [0, 0.05) is 24.2 Å². The van der Waals surface area contributed by atoms with E-state index < -0.39 is 10.0 Å². The van der Waals surface area contributed by atoms with Gasteiger partial charge in [-0.05, 0) is 23.1 Å². The van der Waals surface area contributed by atoms with Crippen molar-refractivity contribution in [2.24, 2.45) is 5.73 Å². The van der Waals surface area contributed by atoms with E-state index in [0.29, 0.717) is 6.54 Å². The Kier molecular flexibility index (Phi) is 4.07. The molecular weight excluding hydrogens is 270 g/mol. The maximum absolute atomic E-state index is 11.9. The lowest BCUT2D eigenvalue weighted by atomic mass is 10.3. The van der Waals surface area contributed by atoms with E-state index in [4.69, 9.17) is 5.73 Å². The normalized spacial score (nSPS) is 11.6. The molecule has 18 heavy (non-hydrogen) atoms. The molecule has 0 amide bonds. The Morgan fingerprint density at radius 3 is 2.72 bits per heavy atom. The van der Waals surface area contributed by atoms with E-state index in [1.807, 2.05) is 17.5 Å². The molecule has 2 aromatic rings. The van der Waals surface area contributed by atoms with Crippen LogP contribution in [0.1, 0.15) is 10.4 Å². The third kappa shape index (κ3) is 3.14. The molecule has 2 rings (SSSR count). The first-order valence-corrected chi connectivity index (χ1v) is 7.65. The third-order valence-corrected chi connectivity index (χ3v) is 4.52. The van der Waals surface area contributed by atoms with Gasteiger partial charge in [0.25, 0.3) is 10.0 Å². The number of rotatable bonds is 5. The van der Waals surface area contributed by atoms with Gasteiger partial charge in [-0.2, -0.15) is 0 Å². The van der Waals surface area contributed by atoms with Gasteiger partial charge in [0.2, 0.25) is 0 Å². The molecular formula is C11H13N3O2S2. The molecule has 0 unspecified atom stereocenters. The van der Waals surface area contributed by atoms with Crippen LogP contribution in [-0.4, -0.2) is 13.4 Å². The fraction of sp³-hybridized carbons (Fsp3) is 0.182. The van der Waals surface area contributed by atoms with Gasteiger partial charge >= 0.3 is 0 Å². The number of nitrogens with zero attached hydrogens (tertiary/aromatic N) is 1. The molecule has 0 aliphatic carbocycles. The molecule has 3 N–H and O–H groups in total. The molecule has 0 aliphatic rings. The van der Waals surface area contributed by atoms with Crippen molar-refractivity contribution in [2.45, 2.75) is 18.1 Å². The molecule has 0 fully saturated rings. The van der Waals surface area contributed by atoms with Gasteiger partial charge in [-0.1, -0.05) is 12.1 Å². The molecule has 0 spiro atoms. The Hall–Kier alpha value is -1.28. The van der Waals surface area contributed by atoms with Crippen LogP contribution in [-0.2, 0) is 23.1 Å². The van der Waals surface area contributed by atoms with Gasteiger partial charge in [0.1, 0.15) is 0 Å². The quantitative estimate of drug-likeness (QED) is 0.860. The summed E-state index contributed by atoms with van der Waals surface area (Å²) in [7, 11) is -3.56. The largest absolute Gasteiger partial charge is 0.326 e. The summed E-state index contributed by atoms with van der Waals surface area (Å²) in [5.41, 5.74) is 6.23. The highest BCUT2D eigenvalue weighted by atomic mass is 32.2. The highest BCUT2D eigenvalue weighted by Crippen LogP contribution is 2.11. The molecule has 96 valence electrons. The highest BCUT2D eigenvalue weighted by Gasteiger charge is 2.15. The van der Waals surface area contributed by atoms with E-state index >= 15 is 0 Å². The van der Waals surface area contributed by atoms with Gasteiger partial charge in [0.05, 0.1) is 0 Å². The van der Waals surface area contributed by atoms with Crippen LogP contribution in [0.5, 0.6) is 0 Å². The van der Waals surface area contributed by atoms with Crippen LogP contribution in [0.3, 0.4) is 0 Å². The molecule has 0 bridgehead atoms. The van der Waals surface area contributed by atoms with E-state index in [9.17, 15) is 8.42 Å². The first-order chi connectivity index (χ1) is 8.62. The van der Waals surface area contributed by atoms with Crippen LogP contribution in [0, 0.1) is 0 Å². The maximum atomic E-state index is 11.9. The molecule has 5 nitrogen and oxygen atoms in total. The second kappa shape index (κ2) is 5.57. The molecule has 0 aliphatic heterocycles. The Morgan fingerprint density at radius 2 is 2.17 bits per heavy atom. The zero-order chi connectivity index (χ0) is 13.0. The predicted octanol–water partition coefficient (Wildman–Crippen LogP) is 1.08. The van der Waals surface area contributed by atoms with Crippen molar-refractivity contribution in [3.05, 3.63) is 46.3 Å². The molecule has 0 saturated heterocycles. The molecule has 0 atom stereocenters. The van der Waals surface area contributed by atoms with Gasteiger partial charge in [0.15, 0.2) is 5.03 Å². The lowest BCUT2D eigenvalue weighted by molar-refractivity contribution is 0.578. The summed E-state index contributed by atoms with van der Waals surface area (Å²) in [5.74, 6) is 0. The number of nitrogens with one attached hydrogen (secondary N) is 1. The predicted molar refractivity (Wildman–Crippen MR) is 70.5 cm³/mol. The molecule has 0 saturated carbocycles. The molecule has 2 aromatic heterocycles. The molecule has 7 heteroatoms. The fourth-order valence-electron chi connectivity index (χ4n) is 1.34. The summed E-state index contributed by atoms with van der Waals surface area (Å²) in [6.45, 7) is 0.621. The number of hydrogen-bond donors (Lipinski definition) is 2. The van der Waals surface area contributed by atoms with Crippen molar-refractivity contribution < 1.29 is 8.42 Å². The minimum absolute atomic E-state index is 0.0104. The monoisotopic (exact) mass is 283 g/mol. The van der Waals surface area contributed by atoms with Crippen molar-refractivity contribution in [1.29, 1.82) is 0 Å². The SMILES string of the molecule is NCc1ccc(S(=O)(=O)NCc2cccs2)nc1. The average molecular weight is 283 g/mol. The van der Waals surface area contributed by atoms with E-state index in [-0.39, 0.29) is 11.6 Å². The summed E-state index contributed by atoms with van der Waals surface area (Å²) in [6, 6.07) is 6.87. The Labute approximate surface area is 110 Å². The smallest absolute Gasteiger partial charge is 0.258 e. The summed E-state index contributed by atoms with van der Waals surface area (Å²) in [5, 5.41) is 1.91. The zero-order valence-electron chi connectivity index (χ0n) is 9.54. The van der Waals surface area contributed by atoms with Gasteiger partial charge < -0.3 is 5.73 Å². The second-order valence-corrected chi connectivity index (χ2v) is 6.36. The first-order valence-electron chi connectivity index (χ1n) is 5.29. The Balaban J connectivity index is 2.09. The third-order valence-electron chi connectivity index (χ3n) is 2.33. The summed E-state index contributed by atoms with van der Waals surface area (Å²) < 4.78 is 26.4. The second-order valence-electron chi connectivity index (χ2n) is 3.61. The van der Waals surface area contributed by atoms with Crippen molar-refractivity contribution in [1.82, 2.24) is 9.71 Å². The van der Waals surface area contributed by atoms with Gasteiger partial charge in [-0.3, -0.25) is 0 Å². The lowest BCUT2D eigenvalue weighted by Gasteiger charge is -2.05. The highest BCUT2D eigenvalue weighted by molar-refractivity contribution is 7.89. The van der Waals surface area contributed by atoms with Gasteiger partial charge in [-0.15, -0.1) is 11.3 Å². The van der Waals surface area contributed by atoms with E-state index in [1.165, 1.54) is 23.6 Å². The van der Waals surface area contributed by atoms with E-state index in [2.05, 4.69) is 9.71 Å². The van der Waals surface area contributed by atoms with Crippen molar-refractivity contribution >= 4 is 21.4 Å². The average Bonchev–Trinajstić information content (AvgIpc) is 2.90. The minimum Gasteiger partial charge on any atom is -0.326 e. The van der Waals surface area contributed by atoms with E-state index in [0.717, 1.165) is 10.4 Å². The summed E-state index contributed by atoms with van der Waals surface area (Å²) >= 11 is 1.50. The molecule has 0 aromatic carbocycles. The topological polar surface area (TPSA) is 85.1 Å². The van der Waals surface area contributed by atoms with Crippen LogP contribution >= 0.6 is 11.3 Å². The Morgan fingerprint density at radius 1 is 1.33 bits per heavy atom. The number of thiophene rings is 1. The van der Waals surface area contributed by atoms with Crippen LogP contribution in [0.4, 0.5) is 0 Å². The van der Waals surface area contributed by atoms with Crippen LogP contribution in [0.25, 0.3) is 0 Å².